The number of rotatable bonds is 5. The fraction of sp³-hybridized carbons (Fsp3) is 0.625. The molecule has 1 nitrogen and oxygen atoms in total. The van der Waals surface area contributed by atoms with Crippen LogP contribution in [0.15, 0.2) is 30.3 Å². The van der Waals surface area contributed by atoms with E-state index in [1.165, 1.54) is 44.2 Å². The minimum atomic E-state index is 0.918. The third kappa shape index (κ3) is 4.16. The van der Waals surface area contributed by atoms with Gasteiger partial charge in [0.05, 0.1) is 0 Å². The van der Waals surface area contributed by atoms with Crippen molar-refractivity contribution >= 4 is 0 Å². The van der Waals surface area contributed by atoms with Gasteiger partial charge >= 0.3 is 0 Å². The maximum absolute atomic E-state index is 3.60. The van der Waals surface area contributed by atoms with Gasteiger partial charge in [0, 0.05) is 6.54 Å². The monoisotopic (exact) mass is 231 g/mol. The topological polar surface area (TPSA) is 12.0 Å². The molecule has 0 amide bonds. The number of nitrogens with one attached hydrogen (secondary N) is 1. The Hall–Kier alpha value is -0.820. The lowest BCUT2D eigenvalue weighted by Gasteiger charge is -2.27. The van der Waals surface area contributed by atoms with E-state index in [0.29, 0.717) is 0 Å². The molecule has 1 N–H and O–H groups in total. The van der Waals surface area contributed by atoms with Crippen LogP contribution < -0.4 is 5.32 Å². The third-order valence-corrected chi connectivity index (χ3v) is 4.15. The Balaban J connectivity index is 1.63. The first-order chi connectivity index (χ1) is 8.38. The smallest absolute Gasteiger partial charge is 0.0205 e. The highest BCUT2D eigenvalue weighted by molar-refractivity contribution is 5.14. The molecule has 94 valence electrons. The fourth-order valence-electron chi connectivity index (χ4n) is 2.86. The minimum absolute atomic E-state index is 0.918. The normalized spacial score (nSPS) is 24.8. The minimum Gasteiger partial charge on any atom is -0.312 e. The van der Waals surface area contributed by atoms with Gasteiger partial charge in [-0.25, -0.2) is 0 Å². The highest BCUT2D eigenvalue weighted by Crippen LogP contribution is 2.30. The SMILES string of the molecule is CCC1CCC(CNCc2ccccc2)CC1. The van der Waals surface area contributed by atoms with Crippen LogP contribution in [-0.4, -0.2) is 6.54 Å². The molecule has 0 radical (unpaired) electrons. The summed E-state index contributed by atoms with van der Waals surface area (Å²) in [7, 11) is 0. The average molecular weight is 231 g/mol. The molecule has 0 aliphatic heterocycles. The predicted molar refractivity (Wildman–Crippen MR) is 73.9 cm³/mol. The summed E-state index contributed by atoms with van der Waals surface area (Å²) in [6.07, 6.45) is 7.15. The van der Waals surface area contributed by atoms with Crippen LogP contribution in [0, 0.1) is 11.8 Å². The average Bonchev–Trinajstić information content (AvgIpc) is 2.41. The summed E-state index contributed by atoms with van der Waals surface area (Å²) >= 11 is 0. The van der Waals surface area contributed by atoms with Crippen molar-refractivity contribution in [2.24, 2.45) is 11.8 Å². The molecule has 1 aliphatic rings. The fourth-order valence-corrected chi connectivity index (χ4v) is 2.86. The van der Waals surface area contributed by atoms with Gasteiger partial charge in [-0.1, -0.05) is 56.5 Å². The molecular formula is C16H25N. The Bertz CT molecular complexity index is 299. The third-order valence-electron chi connectivity index (χ3n) is 4.15. The van der Waals surface area contributed by atoms with Crippen LogP contribution in [-0.2, 0) is 6.54 Å². The lowest BCUT2D eigenvalue weighted by Crippen LogP contribution is -2.26. The van der Waals surface area contributed by atoms with E-state index in [1.807, 2.05) is 0 Å². The quantitative estimate of drug-likeness (QED) is 0.808. The maximum Gasteiger partial charge on any atom is 0.0205 e. The Morgan fingerprint density at radius 1 is 1.00 bits per heavy atom. The van der Waals surface area contributed by atoms with Crippen molar-refractivity contribution in [1.29, 1.82) is 0 Å². The summed E-state index contributed by atoms with van der Waals surface area (Å²) in [5.41, 5.74) is 1.40. The van der Waals surface area contributed by atoms with E-state index in [1.54, 1.807) is 0 Å². The molecule has 0 spiro atoms. The molecule has 1 aromatic carbocycles. The molecule has 1 saturated carbocycles. The Morgan fingerprint density at radius 2 is 1.65 bits per heavy atom. The summed E-state index contributed by atoms with van der Waals surface area (Å²) in [6, 6.07) is 10.7. The molecule has 1 aliphatic carbocycles. The molecular weight excluding hydrogens is 206 g/mol. The van der Waals surface area contributed by atoms with Crippen LogP contribution in [0.1, 0.15) is 44.6 Å². The highest BCUT2D eigenvalue weighted by atomic mass is 14.9. The van der Waals surface area contributed by atoms with E-state index in [9.17, 15) is 0 Å². The Kier molecular flexibility index (Phi) is 5.06. The largest absolute Gasteiger partial charge is 0.312 e. The van der Waals surface area contributed by atoms with Crippen molar-refractivity contribution in [2.45, 2.75) is 45.6 Å². The highest BCUT2D eigenvalue weighted by Gasteiger charge is 2.19. The lowest BCUT2D eigenvalue weighted by molar-refractivity contribution is 0.262. The van der Waals surface area contributed by atoms with Crippen molar-refractivity contribution < 1.29 is 0 Å². The van der Waals surface area contributed by atoms with Gasteiger partial charge in [0.1, 0.15) is 0 Å². The maximum atomic E-state index is 3.60. The first-order valence-electron chi connectivity index (χ1n) is 7.13. The van der Waals surface area contributed by atoms with E-state index >= 15 is 0 Å². The molecule has 0 atom stereocenters. The second kappa shape index (κ2) is 6.80. The van der Waals surface area contributed by atoms with E-state index in [-0.39, 0.29) is 0 Å². The van der Waals surface area contributed by atoms with E-state index < -0.39 is 0 Å². The zero-order valence-corrected chi connectivity index (χ0v) is 11.0. The van der Waals surface area contributed by atoms with Gasteiger partial charge in [0.25, 0.3) is 0 Å². The number of benzene rings is 1. The molecule has 0 unspecified atom stereocenters. The number of hydrogen-bond donors (Lipinski definition) is 1. The van der Waals surface area contributed by atoms with Gasteiger partial charge in [0.15, 0.2) is 0 Å². The zero-order chi connectivity index (χ0) is 11.9. The molecule has 0 bridgehead atoms. The first-order valence-corrected chi connectivity index (χ1v) is 7.13. The molecule has 0 aromatic heterocycles. The summed E-state index contributed by atoms with van der Waals surface area (Å²) in [5.74, 6) is 1.93. The molecule has 1 aromatic rings. The molecule has 1 heteroatoms. The van der Waals surface area contributed by atoms with Gasteiger partial charge in [0.2, 0.25) is 0 Å². The first kappa shape index (κ1) is 12.6. The van der Waals surface area contributed by atoms with Crippen molar-refractivity contribution in [1.82, 2.24) is 5.32 Å². The standard InChI is InChI=1S/C16H25N/c1-2-14-8-10-16(11-9-14)13-17-12-15-6-4-3-5-7-15/h3-7,14,16-17H,2,8-13H2,1H3. The van der Waals surface area contributed by atoms with Gasteiger partial charge in [-0.05, 0) is 36.8 Å². The molecule has 0 saturated heterocycles. The van der Waals surface area contributed by atoms with Crippen LogP contribution in [0.2, 0.25) is 0 Å². The van der Waals surface area contributed by atoms with E-state index in [2.05, 4.69) is 42.6 Å². The zero-order valence-electron chi connectivity index (χ0n) is 11.0. The Morgan fingerprint density at radius 3 is 2.29 bits per heavy atom. The van der Waals surface area contributed by atoms with Gasteiger partial charge < -0.3 is 5.32 Å². The second-order valence-electron chi connectivity index (χ2n) is 5.41. The van der Waals surface area contributed by atoms with Crippen LogP contribution in [0.25, 0.3) is 0 Å². The summed E-state index contributed by atoms with van der Waals surface area (Å²) in [6.45, 7) is 4.55. The summed E-state index contributed by atoms with van der Waals surface area (Å²) in [5, 5.41) is 3.60. The van der Waals surface area contributed by atoms with Crippen LogP contribution in [0.4, 0.5) is 0 Å². The van der Waals surface area contributed by atoms with Crippen LogP contribution in [0.3, 0.4) is 0 Å². The van der Waals surface area contributed by atoms with Gasteiger partial charge in [-0.2, -0.15) is 0 Å². The molecule has 17 heavy (non-hydrogen) atoms. The number of hydrogen-bond acceptors (Lipinski definition) is 1. The predicted octanol–water partition coefficient (Wildman–Crippen LogP) is 3.99. The van der Waals surface area contributed by atoms with Crippen LogP contribution >= 0.6 is 0 Å². The van der Waals surface area contributed by atoms with Gasteiger partial charge in [-0.3, -0.25) is 0 Å². The molecule has 2 rings (SSSR count). The Labute approximate surface area is 106 Å². The van der Waals surface area contributed by atoms with Crippen LogP contribution in [0.5, 0.6) is 0 Å². The second-order valence-corrected chi connectivity index (χ2v) is 5.41. The summed E-state index contributed by atoms with van der Waals surface area (Å²) < 4.78 is 0. The van der Waals surface area contributed by atoms with Crippen molar-refractivity contribution in [3.8, 4) is 0 Å². The van der Waals surface area contributed by atoms with E-state index in [0.717, 1.165) is 18.4 Å². The van der Waals surface area contributed by atoms with Crippen molar-refractivity contribution in [2.75, 3.05) is 6.54 Å². The molecule has 1 fully saturated rings. The van der Waals surface area contributed by atoms with Crippen molar-refractivity contribution in [3.05, 3.63) is 35.9 Å². The van der Waals surface area contributed by atoms with Crippen molar-refractivity contribution in [3.63, 3.8) is 0 Å². The lowest BCUT2D eigenvalue weighted by atomic mass is 9.81. The van der Waals surface area contributed by atoms with E-state index in [4.69, 9.17) is 0 Å². The summed E-state index contributed by atoms with van der Waals surface area (Å²) in [4.78, 5) is 0. The molecule has 0 heterocycles. The van der Waals surface area contributed by atoms with Gasteiger partial charge in [-0.15, -0.1) is 0 Å².